The SMILES string of the molecule is CC1Cc2c(noc2C(=O)O)CO1. The predicted octanol–water partition coefficient (Wildman–Crippen LogP) is 0.834. The molecule has 1 aromatic rings. The molecule has 1 atom stereocenters. The molecule has 0 bridgehead atoms. The fourth-order valence-electron chi connectivity index (χ4n) is 1.40. The molecule has 0 aromatic carbocycles. The Kier molecular flexibility index (Phi) is 1.81. The predicted molar refractivity (Wildman–Crippen MR) is 41.4 cm³/mol. The zero-order valence-corrected chi connectivity index (χ0v) is 7.11. The first kappa shape index (κ1) is 8.25. The van der Waals surface area contributed by atoms with E-state index in [1.54, 1.807) is 0 Å². The van der Waals surface area contributed by atoms with Gasteiger partial charge in [-0.2, -0.15) is 0 Å². The summed E-state index contributed by atoms with van der Waals surface area (Å²) in [6.45, 7) is 2.23. The maximum atomic E-state index is 10.7. The van der Waals surface area contributed by atoms with E-state index in [0.29, 0.717) is 24.3 Å². The minimum Gasteiger partial charge on any atom is -0.475 e. The summed E-state index contributed by atoms with van der Waals surface area (Å²) in [5, 5.41) is 12.4. The fraction of sp³-hybridized carbons (Fsp3) is 0.500. The van der Waals surface area contributed by atoms with E-state index >= 15 is 0 Å². The van der Waals surface area contributed by atoms with Crippen LogP contribution in [0.5, 0.6) is 0 Å². The third-order valence-electron chi connectivity index (χ3n) is 2.06. The smallest absolute Gasteiger partial charge is 0.375 e. The maximum Gasteiger partial charge on any atom is 0.375 e. The van der Waals surface area contributed by atoms with Crippen molar-refractivity contribution in [3.63, 3.8) is 0 Å². The summed E-state index contributed by atoms with van der Waals surface area (Å²) in [7, 11) is 0. The minimum atomic E-state index is -1.07. The molecule has 13 heavy (non-hydrogen) atoms. The van der Waals surface area contributed by atoms with E-state index < -0.39 is 5.97 Å². The quantitative estimate of drug-likeness (QED) is 0.698. The number of fused-ring (bicyclic) bond motifs is 1. The van der Waals surface area contributed by atoms with Gasteiger partial charge in [-0.25, -0.2) is 4.79 Å². The van der Waals surface area contributed by atoms with Crippen LogP contribution in [0, 0.1) is 0 Å². The topological polar surface area (TPSA) is 72.6 Å². The summed E-state index contributed by atoms with van der Waals surface area (Å²) >= 11 is 0. The van der Waals surface area contributed by atoms with Gasteiger partial charge in [0.15, 0.2) is 0 Å². The number of aromatic nitrogens is 1. The highest BCUT2D eigenvalue weighted by Gasteiger charge is 2.26. The molecule has 1 N–H and O–H groups in total. The van der Waals surface area contributed by atoms with Crippen LogP contribution < -0.4 is 0 Å². The van der Waals surface area contributed by atoms with Crippen molar-refractivity contribution in [1.29, 1.82) is 0 Å². The van der Waals surface area contributed by atoms with E-state index in [0.717, 1.165) is 0 Å². The maximum absolute atomic E-state index is 10.7. The standard InChI is InChI=1S/C8H9NO4/c1-4-2-5-6(3-12-4)9-13-7(5)8(10)11/h4H,2-3H2,1H3,(H,10,11). The van der Waals surface area contributed by atoms with E-state index in [9.17, 15) is 4.79 Å². The minimum absolute atomic E-state index is 0.0324. The van der Waals surface area contributed by atoms with Gasteiger partial charge >= 0.3 is 5.97 Å². The second-order valence-corrected chi connectivity index (χ2v) is 3.07. The average Bonchev–Trinajstić information content (AvgIpc) is 2.46. The van der Waals surface area contributed by atoms with Crippen LogP contribution >= 0.6 is 0 Å². The highest BCUT2D eigenvalue weighted by molar-refractivity contribution is 5.86. The Labute approximate surface area is 74.3 Å². The molecule has 5 heteroatoms. The van der Waals surface area contributed by atoms with Gasteiger partial charge in [-0.05, 0) is 6.92 Å². The lowest BCUT2D eigenvalue weighted by atomic mass is 10.0. The summed E-state index contributed by atoms with van der Waals surface area (Å²) < 4.78 is 9.98. The molecule has 0 radical (unpaired) electrons. The van der Waals surface area contributed by atoms with Gasteiger partial charge in [-0.3, -0.25) is 0 Å². The van der Waals surface area contributed by atoms with Gasteiger partial charge in [-0.1, -0.05) is 5.16 Å². The number of rotatable bonds is 1. The molecule has 1 aromatic heterocycles. The van der Waals surface area contributed by atoms with Crippen LogP contribution in [0.4, 0.5) is 0 Å². The van der Waals surface area contributed by atoms with Crippen molar-refractivity contribution < 1.29 is 19.2 Å². The third-order valence-corrected chi connectivity index (χ3v) is 2.06. The van der Waals surface area contributed by atoms with Crippen molar-refractivity contribution >= 4 is 5.97 Å². The van der Waals surface area contributed by atoms with Crippen LogP contribution in [0.3, 0.4) is 0 Å². The molecule has 0 saturated heterocycles. The molecule has 2 rings (SSSR count). The Bertz CT molecular complexity index is 344. The molecule has 0 saturated carbocycles. The molecule has 0 aliphatic carbocycles. The van der Waals surface area contributed by atoms with E-state index in [1.807, 2.05) is 6.92 Å². The van der Waals surface area contributed by atoms with E-state index in [4.69, 9.17) is 14.4 Å². The second-order valence-electron chi connectivity index (χ2n) is 3.07. The zero-order valence-electron chi connectivity index (χ0n) is 7.11. The second kappa shape index (κ2) is 2.85. The molecule has 0 spiro atoms. The van der Waals surface area contributed by atoms with Crippen LogP contribution in [-0.2, 0) is 17.8 Å². The van der Waals surface area contributed by atoms with Crippen molar-refractivity contribution in [3.05, 3.63) is 17.0 Å². The highest BCUT2D eigenvalue weighted by Crippen LogP contribution is 2.23. The number of aromatic carboxylic acids is 1. The molecule has 1 unspecified atom stereocenters. The monoisotopic (exact) mass is 183 g/mol. The van der Waals surface area contributed by atoms with Crippen molar-refractivity contribution in [2.24, 2.45) is 0 Å². The number of nitrogens with zero attached hydrogens (tertiary/aromatic N) is 1. The van der Waals surface area contributed by atoms with E-state index in [2.05, 4.69) is 5.16 Å². The summed E-state index contributed by atoms with van der Waals surface area (Å²) in [6.07, 6.45) is 0.588. The van der Waals surface area contributed by atoms with Crippen LogP contribution in [0.1, 0.15) is 28.7 Å². The van der Waals surface area contributed by atoms with Crippen LogP contribution in [0.15, 0.2) is 4.52 Å². The number of hydrogen-bond donors (Lipinski definition) is 1. The van der Waals surface area contributed by atoms with Crippen molar-refractivity contribution in [1.82, 2.24) is 5.16 Å². The first-order valence-electron chi connectivity index (χ1n) is 4.01. The van der Waals surface area contributed by atoms with Crippen molar-refractivity contribution in [2.45, 2.75) is 26.1 Å². The van der Waals surface area contributed by atoms with Crippen LogP contribution in [-0.4, -0.2) is 22.3 Å². The number of carboxylic acids is 1. The van der Waals surface area contributed by atoms with Crippen molar-refractivity contribution in [2.75, 3.05) is 0 Å². The van der Waals surface area contributed by atoms with Gasteiger partial charge in [-0.15, -0.1) is 0 Å². The lowest BCUT2D eigenvalue weighted by Crippen LogP contribution is -2.19. The Morgan fingerprint density at radius 1 is 1.69 bits per heavy atom. The molecule has 0 amide bonds. The molecule has 70 valence electrons. The first-order chi connectivity index (χ1) is 6.18. The van der Waals surface area contributed by atoms with E-state index in [-0.39, 0.29) is 11.9 Å². The van der Waals surface area contributed by atoms with Gasteiger partial charge in [0.2, 0.25) is 5.76 Å². The molecular weight excluding hydrogens is 174 g/mol. The fourth-order valence-corrected chi connectivity index (χ4v) is 1.40. The molecule has 1 aliphatic heterocycles. The Morgan fingerprint density at radius 2 is 2.46 bits per heavy atom. The zero-order chi connectivity index (χ0) is 9.42. The van der Waals surface area contributed by atoms with Gasteiger partial charge in [0, 0.05) is 12.0 Å². The molecular formula is C8H9NO4. The highest BCUT2D eigenvalue weighted by atomic mass is 16.5. The first-order valence-corrected chi connectivity index (χ1v) is 4.01. The molecule has 1 aliphatic rings. The molecule has 0 fully saturated rings. The summed E-state index contributed by atoms with van der Waals surface area (Å²) in [5.41, 5.74) is 1.28. The summed E-state index contributed by atoms with van der Waals surface area (Å²) in [5.74, 6) is -1.12. The third kappa shape index (κ3) is 1.31. The number of hydrogen-bond acceptors (Lipinski definition) is 4. The van der Waals surface area contributed by atoms with Crippen LogP contribution in [0.2, 0.25) is 0 Å². The van der Waals surface area contributed by atoms with E-state index in [1.165, 1.54) is 0 Å². The lowest BCUT2D eigenvalue weighted by molar-refractivity contribution is 0.0382. The van der Waals surface area contributed by atoms with Gasteiger partial charge in [0.25, 0.3) is 0 Å². The Balaban J connectivity index is 2.41. The van der Waals surface area contributed by atoms with Gasteiger partial charge < -0.3 is 14.4 Å². The number of carbonyl (C=O) groups is 1. The molecule has 2 heterocycles. The normalized spacial score (nSPS) is 21.2. The van der Waals surface area contributed by atoms with Crippen molar-refractivity contribution in [3.8, 4) is 0 Å². The molecule has 5 nitrogen and oxygen atoms in total. The van der Waals surface area contributed by atoms with Gasteiger partial charge in [0.05, 0.1) is 12.7 Å². The Morgan fingerprint density at radius 3 is 3.15 bits per heavy atom. The number of carboxylic acid groups (broad SMARTS) is 1. The van der Waals surface area contributed by atoms with Gasteiger partial charge in [0.1, 0.15) is 5.69 Å². The largest absolute Gasteiger partial charge is 0.475 e. The Hall–Kier alpha value is -1.36. The lowest BCUT2D eigenvalue weighted by Gasteiger charge is -2.17. The average molecular weight is 183 g/mol. The van der Waals surface area contributed by atoms with Crippen LogP contribution in [0.25, 0.3) is 0 Å². The summed E-state index contributed by atoms with van der Waals surface area (Å²) in [6, 6.07) is 0. The number of ether oxygens (including phenoxy) is 1. The summed E-state index contributed by atoms with van der Waals surface area (Å²) in [4.78, 5) is 10.7.